The van der Waals surface area contributed by atoms with Crippen molar-refractivity contribution in [2.24, 2.45) is 0 Å². The highest BCUT2D eigenvalue weighted by molar-refractivity contribution is 6.92. The third-order valence-corrected chi connectivity index (χ3v) is 19.9. The smallest absolute Gasteiger partial charge is 0.157 e. The number of nitrogens with zero attached hydrogens (tertiary/aromatic N) is 3. The number of anilines is 1. The van der Waals surface area contributed by atoms with E-state index in [1.807, 2.05) is 0 Å². The largest absolute Gasteiger partial charge is 0.384 e. The fourth-order valence-corrected chi connectivity index (χ4v) is 16.9. The molecule has 132 valence electrons. The van der Waals surface area contributed by atoms with Crippen LogP contribution in [0.4, 0.5) is 5.82 Å². The van der Waals surface area contributed by atoms with Crippen molar-refractivity contribution >= 4 is 30.4 Å². The lowest BCUT2D eigenvalue weighted by atomic mass is 10.7. The van der Waals surface area contributed by atoms with Crippen molar-refractivity contribution in [1.82, 2.24) is 9.22 Å². The van der Waals surface area contributed by atoms with Gasteiger partial charge in [-0.05, 0) is 18.1 Å². The first-order valence-corrected chi connectivity index (χ1v) is 18.4. The third kappa shape index (κ3) is 3.54. The maximum Gasteiger partial charge on any atom is 0.157 e. The summed E-state index contributed by atoms with van der Waals surface area (Å²) in [5.74, 6) is 1.31. The minimum Gasteiger partial charge on any atom is -0.384 e. The zero-order chi connectivity index (χ0) is 17.3. The molecule has 1 fully saturated rings. The third-order valence-electron chi connectivity index (χ3n) is 6.62. The normalized spacial score (nSPS) is 20.7. The second-order valence-electron chi connectivity index (χ2n) is 8.53. The van der Waals surface area contributed by atoms with E-state index in [4.69, 9.17) is 4.98 Å². The Labute approximate surface area is 146 Å². The fraction of sp³-hybridized carbons (Fsp3) is 0.824. The zero-order valence-electron chi connectivity index (χ0n) is 16.4. The molecular weight excluding hydrogens is 330 g/mol. The lowest BCUT2D eigenvalue weighted by molar-refractivity contribution is 0.943. The van der Waals surface area contributed by atoms with Crippen LogP contribution in [0, 0.1) is 0 Å². The molecule has 1 aromatic rings. The van der Waals surface area contributed by atoms with Gasteiger partial charge in [-0.2, -0.15) is 0 Å². The summed E-state index contributed by atoms with van der Waals surface area (Å²) in [4.78, 5) is 4.91. The highest BCUT2D eigenvalue weighted by atomic mass is 28.3. The Hall–Kier alpha value is -0.339. The summed E-state index contributed by atoms with van der Waals surface area (Å²) >= 11 is 0. The molecule has 1 saturated heterocycles. The summed E-state index contributed by atoms with van der Waals surface area (Å²) in [6.45, 7) is 17.0. The second kappa shape index (κ2) is 6.88. The molecule has 23 heavy (non-hydrogen) atoms. The van der Waals surface area contributed by atoms with Crippen LogP contribution < -0.4 is 4.57 Å². The molecule has 3 nitrogen and oxygen atoms in total. The van der Waals surface area contributed by atoms with E-state index >= 15 is 0 Å². The Balaban J connectivity index is 2.41. The van der Waals surface area contributed by atoms with E-state index in [0.29, 0.717) is 0 Å². The van der Waals surface area contributed by atoms with Crippen molar-refractivity contribution in [3.8, 4) is 0 Å². The van der Waals surface area contributed by atoms with Crippen molar-refractivity contribution in [3.05, 3.63) is 12.5 Å². The van der Waals surface area contributed by atoms with Crippen molar-refractivity contribution < 1.29 is 0 Å². The summed E-state index contributed by atoms with van der Waals surface area (Å²) in [7, 11) is -3.81. The Bertz CT molecular complexity index is 513. The van der Waals surface area contributed by atoms with Gasteiger partial charge in [0.1, 0.15) is 5.82 Å². The van der Waals surface area contributed by atoms with Gasteiger partial charge in [0.25, 0.3) is 0 Å². The van der Waals surface area contributed by atoms with Gasteiger partial charge < -0.3 is 8.80 Å². The summed E-state index contributed by atoms with van der Waals surface area (Å²) in [6, 6.07) is 8.70. The van der Waals surface area contributed by atoms with Crippen LogP contribution in [0.15, 0.2) is 12.5 Å². The lowest BCUT2D eigenvalue weighted by Crippen LogP contribution is -2.64. The maximum absolute atomic E-state index is 4.91. The van der Waals surface area contributed by atoms with Gasteiger partial charge in [0, 0.05) is 12.4 Å². The fourth-order valence-electron chi connectivity index (χ4n) is 4.17. The van der Waals surface area contributed by atoms with Gasteiger partial charge in [-0.15, -0.1) is 0 Å². The van der Waals surface area contributed by atoms with E-state index in [1.165, 1.54) is 42.2 Å². The highest BCUT2D eigenvalue weighted by Crippen LogP contribution is 2.41. The molecule has 0 radical (unpaired) electrons. The van der Waals surface area contributed by atoms with Crippen LogP contribution in [0.25, 0.3) is 0 Å². The van der Waals surface area contributed by atoms with E-state index in [1.54, 1.807) is 6.04 Å². The Morgan fingerprint density at radius 2 is 1.61 bits per heavy atom. The molecule has 6 heteroatoms. The van der Waals surface area contributed by atoms with Gasteiger partial charge in [-0.3, -0.25) is 0 Å². The van der Waals surface area contributed by atoms with Crippen LogP contribution >= 0.6 is 0 Å². The van der Waals surface area contributed by atoms with Gasteiger partial charge in [0.15, 0.2) is 16.5 Å². The molecule has 0 spiro atoms. The molecule has 0 bridgehead atoms. The van der Waals surface area contributed by atoms with Gasteiger partial charge in [-0.25, -0.2) is 4.98 Å². The van der Waals surface area contributed by atoms with E-state index in [0.717, 1.165) is 0 Å². The molecule has 1 aliphatic heterocycles. The lowest BCUT2D eigenvalue weighted by Gasteiger charge is -2.52. The number of hydrogen-bond acceptors (Lipinski definition) is 2. The standard InChI is InChI=1S/C17H37N3Si3/c1-8-22(9-2)12-13-23(10-3,11-4)20(16-22)17-14-19(15-18-17)21(5,6)7/h14-15H,8-13,16H2,1-7H3. The number of hydrogen-bond donors (Lipinski definition) is 0. The Morgan fingerprint density at radius 3 is 2.04 bits per heavy atom. The van der Waals surface area contributed by atoms with Crippen LogP contribution in [0.1, 0.15) is 27.7 Å². The first-order chi connectivity index (χ1) is 10.8. The van der Waals surface area contributed by atoms with Crippen molar-refractivity contribution in [1.29, 1.82) is 0 Å². The second-order valence-corrected chi connectivity index (χ2v) is 23.5. The summed E-state index contributed by atoms with van der Waals surface area (Å²) < 4.78 is 5.31. The molecule has 0 aromatic carbocycles. The topological polar surface area (TPSA) is 21.1 Å². The van der Waals surface area contributed by atoms with Gasteiger partial charge in [0.05, 0.1) is 14.4 Å². The minimum absolute atomic E-state index is 1.11. The van der Waals surface area contributed by atoms with Gasteiger partial charge in [0.2, 0.25) is 0 Å². The van der Waals surface area contributed by atoms with E-state index in [-0.39, 0.29) is 0 Å². The number of imidazole rings is 1. The predicted octanol–water partition coefficient (Wildman–Crippen LogP) is 5.40. The van der Waals surface area contributed by atoms with Crippen LogP contribution in [-0.4, -0.2) is 39.9 Å². The van der Waals surface area contributed by atoms with Crippen LogP contribution in [0.2, 0.25) is 55.9 Å². The molecule has 1 aromatic heterocycles. The molecule has 0 unspecified atom stereocenters. The summed E-state index contributed by atoms with van der Waals surface area (Å²) in [6.07, 6.45) is 5.87. The minimum atomic E-state index is -1.36. The van der Waals surface area contributed by atoms with E-state index in [2.05, 4.69) is 68.7 Å². The average Bonchev–Trinajstić information content (AvgIpc) is 3.04. The first-order valence-electron chi connectivity index (χ1n) is 9.58. The van der Waals surface area contributed by atoms with Crippen LogP contribution in [0.3, 0.4) is 0 Å². The molecule has 0 amide bonds. The number of rotatable bonds is 6. The van der Waals surface area contributed by atoms with Crippen molar-refractivity contribution in [2.75, 3.05) is 10.7 Å². The van der Waals surface area contributed by atoms with Crippen LogP contribution in [0.5, 0.6) is 0 Å². The van der Waals surface area contributed by atoms with Crippen molar-refractivity contribution in [3.63, 3.8) is 0 Å². The molecular formula is C17H37N3Si3. The van der Waals surface area contributed by atoms with Gasteiger partial charge in [-0.1, -0.05) is 65.5 Å². The molecule has 0 N–H and O–H groups in total. The molecule has 0 aliphatic carbocycles. The maximum atomic E-state index is 4.91. The average molecular weight is 368 g/mol. The Morgan fingerprint density at radius 1 is 1.00 bits per heavy atom. The molecule has 0 saturated carbocycles. The predicted molar refractivity (Wildman–Crippen MR) is 111 cm³/mol. The summed E-state index contributed by atoms with van der Waals surface area (Å²) in [5, 5.41) is 0. The van der Waals surface area contributed by atoms with E-state index < -0.39 is 24.5 Å². The molecule has 2 heterocycles. The zero-order valence-corrected chi connectivity index (χ0v) is 19.4. The SMILES string of the molecule is CC[Si]1(CC)CC[Si](CC)(CC)N(c2cn([Si](C)(C)C)cn2)C1. The monoisotopic (exact) mass is 367 g/mol. The molecule has 1 aliphatic rings. The van der Waals surface area contributed by atoms with Gasteiger partial charge >= 0.3 is 0 Å². The number of aromatic nitrogens is 2. The highest BCUT2D eigenvalue weighted by Gasteiger charge is 2.48. The van der Waals surface area contributed by atoms with Crippen molar-refractivity contribution in [2.45, 2.75) is 83.6 Å². The first kappa shape index (κ1) is 19.0. The molecule has 2 rings (SSSR count). The molecule has 0 atom stereocenters. The van der Waals surface area contributed by atoms with E-state index in [9.17, 15) is 0 Å². The van der Waals surface area contributed by atoms with Crippen LogP contribution in [-0.2, 0) is 0 Å². The Kier molecular flexibility index (Phi) is 5.68. The summed E-state index contributed by atoms with van der Waals surface area (Å²) in [5.41, 5.74) is 0. The quantitative estimate of drug-likeness (QED) is 0.628.